The lowest BCUT2D eigenvalue weighted by molar-refractivity contribution is -0.359. The zero-order valence-electron chi connectivity index (χ0n) is 18.9. The van der Waals surface area contributed by atoms with Gasteiger partial charge in [0, 0.05) is 53.1 Å². The Kier molecular flexibility index (Phi) is 15.8. The molecule has 1 rings (SSSR count). The predicted octanol–water partition coefficient (Wildman–Crippen LogP) is 4.79. The Hall–Kier alpha value is 0.150. The van der Waals surface area contributed by atoms with Gasteiger partial charge in [-0.25, -0.2) is 0 Å². The molecule has 0 amide bonds. The lowest BCUT2D eigenvalue weighted by Gasteiger charge is -2.32. The third kappa shape index (κ3) is 11.4. The lowest BCUT2D eigenvalue weighted by atomic mass is 9.92. The highest BCUT2D eigenvalue weighted by Crippen LogP contribution is 2.30. The molecule has 0 aromatic rings. The van der Waals surface area contributed by atoms with Gasteiger partial charge < -0.3 is 18.9 Å². The van der Waals surface area contributed by atoms with Crippen LogP contribution in [0.3, 0.4) is 0 Å². The minimum atomic E-state index is -0.891. The van der Waals surface area contributed by atoms with Crippen LogP contribution in [0.1, 0.15) is 64.7 Å². The Bertz CT molecular complexity index is 341. The summed E-state index contributed by atoms with van der Waals surface area (Å²) in [6.45, 7) is 7.43. The number of unbranched alkanes of at least 4 members (excludes halogenated alkanes) is 4. The van der Waals surface area contributed by atoms with Gasteiger partial charge in [0.15, 0.2) is 0 Å². The van der Waals surface area contributed by atoms with E-state index in [9.17, 15) is 0 Å². The second-order valence-corrected chi connectivity index (χ2v) is 9.00. The molecule has 1 heterocycles. The Morgan fingerprint density at radius 1 is 0.893 bits per heavy atom. The molecule has 168 valence electrons. The van der Waals surface area contributed by atoms with Crippen LogP contribution in [0.4, 0.5) is 0 Å². The highest BCUT2D eigenvalue weighted by atomic mass is 32.2. The van der Waals surface area contributed by atoms with Crippen molar-refractivity contribution in [3.05, 3.63) is 0 Å². The van der Waals surface area contributed by atoms with Crippen LogP contribution in [-0.4, -0.2) is 76.6 Å². The van der Waals surface area contributed by atoms with Crippen molar-refractivity contribution in [1.29, 1.82) is 0 Å². The number of thioether (sulfide) groups is 1. The second kappa shape index (κ2) is 16.9. The first-order valence-corrected chi connectivity index (χ1v) is 12.4. The van der Waals surface area contributed by atoms with E-state index in [1.165, 1.54) is 69.4 Å². The van der Waals surface area contributed by atoms with Crippen molar-refractivity contribution in [1.82, 2.24) is 4.90 Å². The Morgan fingerprint density at radius 2 is 1.54 bits per heavy atom. The van der Waals surface area contributed by atoms with Crippen molar-refractivity contribution in [2.45, 2.75) is 70.7 Å². The average Bonchev–Trinajstić information content (AvgIpc) is 2.74. The van der Waals surface area contributed by atoms with E-state index in [0.717, 1.165) is 32.7 Å². The van der Waals surface area contributed by atoms with E-state index >= 15 is 0 Å². The van der Waals surface area contributed by atoms with Crippen LogP contribution in [0, 0.1) is 5.92 Å². The molecule has 6 heteroatoms. The Balaban J connectivity index is 2.28. The molecule has 0 bridgehead atoms. The van der Waals surface area contributed by atoms with Gasteiger partial charge in [-0.1, -0.05) is 45.4 Å². The summed E-state index contributed by atoms with van der Waals surface area (Å²) in [4.78, 5) is 2.51. The highest BCUT2D eigenvalue weighted by molar-refractivity contribution is 7.99. The van der Waals surface area contributed by atoms with Gasteiger partial charge in [0.1, 0.15) is 0 Å². The zero-order chi connectivity index (χ0) is 20.5. The van der Waals surface area contributed by atoms with Gasteiger partial charge in [-0.3, -0.25) is 4.90 Å². The fraction of sp³-hybridized carbons (Fsp3) is 1.00. The number of hydrogen-bond acceptors (Lipinski definition) is 6. The Morgan fingerprint density at radius 3 is 2.18 bits per heavy atom. The van der Waals surface area contributed by atoms with Crippen molar-refractivity contribution >= 4 is 11.8 Å². The molecule has 0 N–H and O–H groups in total. The SMILES string of the molecule is CCCCCCCC(CCCSCCN1CCOCC1)CC(OC)(OC)OC. The van der Waals surface area contributed by atoms with Crippen LogP contribution in [0.5, 0.6) is 0 Å². The van der Waals surface area contributed by atoms with Crippen LogP contribution in [-0.2, 0) is 18.9 Å². The van der Waals surface area contributed by atoms with E-state index in [0.29, 0.717) is 5.92 Å². The van der Waals surface area contributed by atoms with Crippen molar-refractivity contribution in [2.24, 2.45) is 5.92 Å². The molecule has 0 aromatic heterocycles. The number of methoxy groups -OCH3 is 3. The van der Waals surface area contributed by atoms with Gasteiger partial charge in [-0.15, -0.1) is 0 Å². The molecule has 1 aliphatic heterocycles. The lowest BCUT2D eigenvalue weighted by Crippen LogP contribution is -2.38. The average molecular weight is 420 g/mol. The topological polar surface area (TPSA) is 40.2 Å². The second-order valence-electron chi connectivity index (χ2n) is 7.78. The molecule has 1 saturated heterocycles. The van der Waals surface area contributed by atoms with E-state index in [1.807, 2.05) is 0 Å². The van der Waals surface area contributed by atoms with Gasteiger partial charge in [-0.05, 0) is 24.5 Å². The number of morpholine rings is 1. The van der Waals surface area contributed by atoms with E-state index in [2.05, 4.69) is 23.6 Å². The third-order valence-corrected chi connectivity index (χ3v) is 6.79. The first kappa shape index (κ1) is 26.2. The van der Waals surface area contributed by atoms with Crippen LogP contribution in [0.15, 0.2) is 0 Å². The summed E-state index contributed by atoms with van der Waals surface area (Å²) in [5, 5.41) is 0. The molecule has 1 aliphatic rings. The minimum Gasteiger partial charge on any atom is -0.379 e. The van der Waals surface area contributed by atoms with Crippen LogP contribution < -0.4 is 0 Å². The number of hydrogen-bond donors (Lipinski definition) is 0. The summed E-state index contributed by atoms with van der Waals surface area (Å²) in [5.74, 6) is 2.15. The fourth-order valence-electron chi connectivity index (χ4n) is 3.83. The highest BCUT2D eigenvalue weighted by Gasteiger charge is 2.32. The van der Waals surface area contributed by atoms with Gasteiger partial charge in [0.05, 0.1) is 13.2 Å². The molecule has 5 nitrogen and oxygen atoms in total. The molecule has 0 aromatic carbocycles. The van der Waals surface area contributed by atoms with Gasteiger partial charge in [0.2, 0.25) is 0 Å². The number of rotatable bonds is 18. The quantitative estimate of drug-likeness (QED) is 0.235. The van der Waals surface area contributed by atoms with Crippen molar-refractivity contribution < 1.29 is 18.9 Å². The number of ether oxygens (including phenoxy) is 4. The van der Waals surface area contributed by atoms with Gasteiger partial charge in [0.25, 0.3) is 5.97 Å². The maximum absolute atomic E-state index is 5.56. The maximum Gasteiger partial charge on any atom is 0.282 e. The Labute approximate surface area is 178 Å². The summed E-state index contributed by atoms with van der Waals surface area (Å²) >= 11 is 2.08. The van der Waals surface area contributed by atoms with Crippen molar-refractivity contribution in [3.8, 4) is 0 Å². The molecule has 1 unspecified atom stereocenters. The summed E-state index contributed by atoms with van der Waals surface area (Å²) < 4.78 is 22.1. The molecule has 0 spiro atoms. The normalized spacial score (nSPS) is 17.1. The molecular weight excluding hydrogens is 374 g/mol. The van der Waals surface area contributed by atoms with E-state index in [4.69, 9.17) is 18.9 Å². The van der Waals surface area contributed by atoms with Crippen molar-refractivity contribution in [2.75, 3.05) is 65.7 Å². The first-order chi connectivity index (χ1) is 13.7. The van der Waals surface area contributed by atoms with Crippen LogP contribution in [0.25, 0.3) is 0 Å². The first-order valence-electron chi connectivity index (χ1n) is 11.2. The van der Waals surface area contributed by atoms with E-state index in [-0.39, 0.29) is 0 Å². The largest absolute Gasteiger partial charge is 0.379 e. The van der Waals surface area contributed by atoms with E-state index < -0.39 is 5.97 Å². The molecule has 0 radical (unpaired) electrons. The van der Waals surface area contributed by atoms with E-state index in [1.54, 1.807) is 21.3 Å². The van der Waals surface area contributed by atoms with Gasteiger partial charge >= 0.3 is 0 Å². The molecular formula is C22H45NO4S. The molecule has 1 fully saturated rings. The van der Waals surface area contributed by atoms with Gasteiger partial charge in [-0.2, -0.15) is 11.8 Å². The zero-order valence-corrected chi connectivity index (χ0v) is 19.7. The summed E-state index contributed by atoms with van der Waals surface area (Å²) in [5.41, 5.74) is 0. The predicted molar refractivity (Wildman–Crippen MR) is 119 cm³/mol. The van der Waals surface area contributed by atoms with Crippen molar-refractivity contribution in [3.63, 3.8) is 0 Å². The molecule has 28 heavy (non-hydrogen) atoms. The standard InChI is InChI=1S/C22H45NO4S/c1-5-6-7-8-9-11-21(20-22(24-2,25-3)26-4)12-10-18-28-19-15-23-13-16-27-17-14-23/h21H,5-20H2,1-4H3. The monoisotopic (exact) mass is 419 g/mol. The minimum absolute atomic E-state index is 0.585. The molecule has 0 aliphatic carbocycles. The summed E-state index contributed by atoms with van der Waals surface area (Å²) in [6, 6.07) is 0. The molecule has 1 atom stereocenters. The van der Waals surface area contributed by atoms with Crippen LogP contribution >= 0.6 is 11.8 Å². The smallest absolute Gasteiger partial charge is 0.282 e. The van der Waals surface area contributed by atoms with Crippen LogP contribution in [0.2, 0.25) is 0 Å². The molecule has 0 saturated carbocycles. The summed E-state index contributed by atoms with van der Waals surface area (Å²) in [7, 11) is 5.02. The third-order valence-electron chi connectivity index (χ3n) is 5.74. The maximum atomic E-state index is 5.56. The summed E-state index contributed by atoms with van der Waals surface area (Å²) in [6.07, 6.45) is 11.1. The number of nitrogens with zero attached hydrogens (tertiary/aromatic N) is 1. The fourth-order valence-corrected chi connectivity index (χ4v) is 4.80.